The number of thiocarbonyl (C=S) groups is 1. The van der Waals surface area contributed by atoms with Crippen molar-refractivity contribution in [3.8, 4) is 11.5 Å². The molecule has 0 spiro atoms. The molecule has 0 aliphatic heterocycles. The van der Waals surface area contributed by atoms with Gasteiger partial charge in [-0.15, -0.1) is 0 Å². The van der Waals surface area contributed by atoms with Crippen LogP contribution < -0.4 is 16.2 Å². The summed E-state index contributed by atoms with van der Waals surface area (Å²) >= 11 is 4.93. The van der Waals surface area contributed by atoms with E-state index in [1.54, 1.807) is 36.5 Å². The molecular weight excluding hydrogens is 262 g/mol. The number of nitrogens with zero attached hydrogens (tertiary/aromatic N) is 1. The minimum Gasteiger partial charge on any atom is -0.454 e. The van der Waals surface area contributed by atoms with Crippen molar-refractivity contribution < 1.29 is 9.53 Å². The van der Waals surface area contributed by atoms with Gasteiger partial charge < -0.3 is 16.2 Å². The number of amides is 1. The van der Waals surface area contributed by atoms with E-state index in [1.165, 1.54) is 6.20 Å². The largest absolute Gasteiger partial charge is 0.454 e. The van der Waals surface area contributed by atoms with Crippen LogP contribution in [0.4, 0.5) is 0 Å². The first-order valence-electron chi connectivity index (χ1n) is 5.40. The monoisotopic (exact) mass is 273 g/mol. The molecule has 0 unspecified atom stereocenters. The van der Waals surface area contributed by atoms with Crippen LogP contribution >= 0.6 is 12.2 Å². The van der Waals surface area contributed by atoms with Crippen LogP contribution in [0.5, 0.6) is 11.5 Å². The molecule has 5 nitrogen and oxygen atoms in total. The quantitative estimate of drug-likeness (QED) is 0.826. The fraction of sp³-hybridized carbons (Fsp3) is 0. The average molecular weight is 273 g/mol. The van der Waals surface area contributed by atoms with Gasteiger partial charge in [0.25, 0.3) is 5.91 Å². The van der Waals surface area contributed by atoms with Crippen LogP contribution in [0, 0.1) is 0 Å². The number of hydrogen-bond donors (Lipinski definition) is 2. The summed E-state index contributed by atoms with van der Waals surface area (Å²) in [5.41, 5.74) is 11.7. The summed E-state index contributed by atoms with van der Waals surface area (Å²) in [7, 11) is 0. The zero-order valence-corrected chi connectivity index (χ0v) is 10.7. The van der Waals surface area contributed by atoms with Crippen LogP contribution in [0.1, 0.15) is 15.9 Å². The van der Waals surface area contributed by atoms with Gasteiger partial charge in [0, 0.05) is 6.20 Å². The molecule has 1 heterocycles. The number of rotatable bonds is 4. The van der Waals surface area contributed by atoms with Gasteiger partial charge in [0.1, 0.15) is 10.7 Å². The first-order valence-corrected chi connectivity index (χ1v) is 5.81. The van der Waals surface area contributed by atoms with Gasteiger partial charge >= 0.3 is 0 Å². The third-order valence-corrected chi connectivity index (χ3v) is 2.64. The number of para-hydroxylation sites is 1. The maximum Gasteiger partial charge on any atom is 0.252 e. The highest BCUT2D eigenvalue weighted by atomic mass is 32.1. The van der Waals surface area contributed by atoms with E-state index < -0.39 is 5.91 Å². The first-order chi connectivity index (χ1) is 9.09. The zero-order chi connectivity index (χ0) is 13.8. The summed E-state index contributed by atoms with van der Waals surface area (Å²) in [4.78, 5) is 15.4. The van der Waals surface area contributed by atoms with E-state index >= 15 is 0 Å². The Hall–Kier alpha value is -2.47. The van der Waals surface area contributed by atoms with Crippen molar-refractivity contribution in [2.75, 3.05) is 0 Å². The second-order valence-corrected chi connectivity index (χ2v) is 4.14. The van der Waals surface area contributed by atoms with E-state index in [-0.39, 0.29) is 10.6 Å². The molecule has 0 aliphatic rings. The smallest absolute Gasteiger partial charge is 0.252 e. The van der Waals surface area contributed by atoms with Gasteiger partial charge in [0.15, 0.2) is 5.75 Å². The summed E-state index contributed by atoms with van der Waals surface area (Å²) in [6.07, 6.45) is 3.04. The fourth-order valence-corrected chi connectivity index (χ4v) is 1.71. The topological polar surface area (TPSA) is 91.2 Å². The van der Waals surface area contributed by atoms with Gasteiger partial charge in [-0.2, -0.15) is 0 Å². The lowest BCUT2D eigenvalue weighted by Crippen LogP contribution is -2.13. The predicted molar refractivity (Wildman–Crippen MR) is 75.2 cm³/mol. The number of ether oxygens (including phenoxy) is 1. The molecule has 6 heteroatoms. The molecular formula is C13H11N3O2S. The van der Waals surface area contributed by atoms with Crippen molar-refractivity contribution in [1.29, 1.82) is 0 Å². The Morgan fingerprint density at radius 2 is 1.84 bits per heavy atom. The molecule has 0 radical (unpaired) electrons. The molecule has 0 saturated carbocycles. The minimum atomic E-state index is -0.573. The summed E-state index contributed by atoms with van der Waals surface area (Å²) < 4.78 is 5.63. The van der Waals surface area contributed by atoms with Crippen LogP contribution in [0.15, 0.2) is 42.7 Å². The number of hydrogen-bond acceptors (Lipinski definition) is 4. The van der Waals surface area contributed by atoms with E-state index in [1.807, 2.05) is 0 Å². The van der Waals surface area contributed by atoms with Crippen LogP contribution in [-0.2, 0) is 0 Å². The molecule has 1 aromatic heterocycles. The Morgan fingerprint density at radius 1 is 1.11 bits per heavy atom. The highest BCUT2D eigenvalue weighted by Crippen LogP contribution is 2.27. The Morgan fingerprint density at radius 3 is 2.53 bits per heavy atom. The number of primary amides is 1. The molecule has 0 atom stereocenters. The summed E-state index contributed by atoms with van der Waals surface area (Å²) in [5.74, 6) is 0.139. The van der Waals surface area contributed by atoms with E-state index in [4.69, 9.17) is 28.4 Å². The maximum absolute atomic E-state index is 11.3. The second kappa shape index (κ2) is 5.45. The number of carbonyl (C=O) groups excluding carboxylic acids is 1. The maximum atomic E-state index is 11.3. The summed E-state index contributed by atoms with van der Waals surface area (Å²) in [6, 6.07) is 8.29. The number of nitrogens with two attached hydrogens (primary N) is 2. The van der Waals surface area contributed by atoms with Crippen molar-refractivity contribution >= 4 is 23.1 Å². The lowest BCUT2D eigenvalue weighted by molar-refractivity contribution is 0.0998. The molecule has 2 aromatic rings. The van der Waals surface area contributed by atoms with Gasteiger partial charge in [-0.25, -0.2) is 0 Å². The van der Waals surface area contributed by atoms with Crippen molar-refractivity contribution in [3.63, 3.8) is 0 Å². The summed E-state index contributed by atoms with van der Waals surface area (Å²) in [5, 5.41) is 0. The highest BCUT2D eigenvalue weighted by Gasteiger charge is 2.12. The molecule has 1 amide bonds. The van der Waals surface area contributed by atoms with Crippen LogP contribution in [-0.4, -0.2) is 15.9 Å². The molecule has 4 N–H and O–H groups in total. The van der Waals surface area contributed by atoms with Crippen molar-refractivity contribution in [3.05, 3.63) is 53.9 Å². The molecule has 2 rings (SSSR count). The van der Waals surface area contributed by atoms with Gasteiger partial charge in [-0.05, 0) is 18.2 Å². The van der Waals surface area contributed by atoms with E-state index in [2.05, 4.69) is 4.98 Å². The molecule has 19 heavy (non-hydrogen) atoms. The SMILES string of the molecule is NC(=O)c1ccccc1Oc1cnccc1C(N)=S. The second-order valence-electron chi connectivity index (χ2n) is 3.70. The van der Waals surface area contributed by atoms with Crippen molar-refractivity contribution in [2.45, 2.75) is 0 Å². The Balaban J connectivity index is 2.42. The molecule has 0 saturated heterocycles. The predicted octanol–water partition coefficient (Wildman–Crippen LogP) is 1.61. The van der Waals surface area contributed by atoms with Gasteiger partial charge in [0.2, 0.25) is 0 Å². The van der Waals surface area contributed by atoms with E-state index in [0.29, 0.717) is 17.1 Å². The summed E-state index contributed by atoms with van der Waals surface area (Å²) in [6.45, 7) is 0. The molecule has 96 valence electrons. The third-order valence-electron chi connectivity index (χ3n) is 2.42. The van der Waals surface area contributed by atoms with Crippen LogP contribution in [0.25, 0.3) is 0 Å². The third kappa shape index (κ3) is 2.86. The van der Waals surface area contributed by atoms with E-state index in [0.717, 1.165) is 0 Å². The Labute approximate surface area is 115 Å². The highest BCUT2D eigenvalue weighted by molar-refractivity contribution is 7.80. The van der Waals surface area contributed by atoms with Gasteiger partial charge in [-0.1, -0.05) is 24.4 Å². The standard InChI is InChI=1S/C13H11N3O2S/c14-12(17)8-3-1-2-4-10(8)18-11-7-16-6-5-9(11)13(15)19/h1-7H,(H2,14,17)(H2,15,19). The first kappa shape index (κ1) is 13.0. The minimum absolute atomic E-state index is 0.189. The number of aromatic nitrogens is 1. The Bertz CT molecular complexity index is 588. The van der Waals surface area contributed by atoms with E-state index in [9.17, 15) is 4.79 Å². The average Bonchev–Trinajstić information content (AvgIpc) is 2.39. The molecule has 0 fully saturated rings. The fourth-order valence-electron chi connectivity index (χ4n) is 1.54. The number of benzene rings is 1. The van der Waals surface area contributed by atoms with Crippen molar-refractivity contribution in [1.82, 2.24) is 4.98 Å². The molecule has 0 bridgehead atoms. The van der Waals surface area contributed by atoms with Gasteiger partial charge in [0.05, 0.1) is 17.3 Å². The lowest BCUT2D eigenvalue weighted by atomic mass is 10.2. The molecule has 0 aliphatic carbocycles. The zero-order valence-electron chi connectivity index (χ0n) is 9.87. The molecule has 1 aromatic carbocycles. The van der Waals surface area contributed by atoms with Crippen LogP contribution in [0.3, 0.4) is 0 Å². The van der Waals surface area contributed by atoms with Crippen molar-refractivity contribution in [2.24, 2.45) is 11.5 Å². The number of carbonyl (C=O) groups is 1. The lowest BCUT2D eigenvalue weighted by Gasteiger charge is -2.11. The van der Waals surface area contributed by atoms with Crippen LogP contribution in [0.2, 0.25) is 0 Å². The Kier molecular flexibility index (Phi) is 3.72. The van der Waals surface area contributed by atoms with Gasteiger partial charge in [-0.3, -0.25) is 9.78 Å². The number of pyridine rings is 1. The normalized spacial score (nSPS) is 9.89.